The third kappa shape index (κ3) is 3.73. The predicted octanol–water partition coefficient (Wildman–Crippen LogP) is 2.41. The number of carbonyl (C=O) groups is 2. The second-order valence-corrected chi connectivity index (χ2v) is 3.84. The largest absolute Gasteiger partial charge is 0.478 e. The summed E-state index contributed by atoms with van der Waals surface area (Å²) < 4.78 is 0. The molecule has 1 N–H and O–H groups in total. The van der Waals surface area contributed by atoms with Crippen LogP contribution < -0.4 is 0 Å². The van der Waals surface area contributed by atoms with Crippen LogP contribution >= 0.6 is 0 Å². The van der Waals surface area contributed by atoms with Gasteiger partial charge in [0.2, 0.25) is 0 Å². The Labute approximate surface area is 84.8 Å². The van der Waals surface area contributed by atoms with Crippen LogP contribution in [0.5, 0.6) is 0 Å². The van der Waals surface area contributed by atoms with E-state index in [-0.39, 0.29) is 17.8 Å². The van der Waals surface area contributed by atoms with Crippen molar-refractivity contribution >= 4 is 11.8 Å². The van der Waals surface area contributed by atoms with Gasteiger partial charge >= 0.3 is 5.97 Å². The van der Waals surface area contributed by atoms with Gasteiger partial charge in [0.05, 0.1) is 0 Å². The van der Waals surface area contributed by atoms with Gasteiger partial charge < -0.3 is 5.11 Å². The summed E-state index contributed by atoms with van der Waals surface area (Å²) in [5.74, 6) is -1.01. The van der Waals surface area contributed by atoms with Crippen LogP contribution in [0.15, 0.2) is 11.1 Å². The minimum atomic E-state index is -1.10. The molecule has 3 nitrogen and oxygen atoms in total. The van der Waals surface area contributed by atoms with Gasteiger partial charge in [-0.1, -0.05) is 26.3 Å². The third-order valence-corrected chi connectivity index (χ3v) is 1.96. The SMILES string of the molecule is CCC(=O)C(C(=O)O)=C(C)CC(C)C. The first-order valence-electron chi connectivity index (χ1n) is 4.86. The van der Waals surface area contributed by atoms with Crippen molar-refractivity contribution in [3.05, 3.63) is 11.1 Å². The highest BCUT2D eigenvalue weighted by Crippen LogP contribution is 2.16. The van der Waals surface area contributed by atoms with Crippen LogP contribution in [0, 0.1) is 5.92 Å². The first-order chi connectivity index (χ1) is 6.40. The minimum absolute atomic E-state index is 0.0267. The van der Waals surface area contributed by atoms with Gasteiger partial charge in [-0.2, -0.15) is 0 Å². The van der Waals surface area contributed by atoms with Crippen molar-refractivity contribution in [1.29, 1.82) is 0 Å². The van der Waals surface area contributed by atoms with Crippen LogP contribution in [0.2, 0.25) is 0 Å². The van der Waals surface area contributed by atoms with E-state index < -0.39 is 5.97 Å². The van der Waals surface area contributed by atoms with Crippen LogP contribution in [0.25, 0.3) is 0 Å². The molecule has 80 valence electrons. The summed E-state index contributed by atoms with van der Waals surface area (Å²) in [6, 6.07) is 0. The monoisotopic (exact) mass is 198 g/mol. The van der Waals surface area contributed by atoms with Crippen molar-refractivity contribution < 1.29 is 14.7 Å². The fourth-order valence-electron chi connectivity index (χ4n) is 1.43. The molecule has 0 saturated carbocycles. The van der Waals surface area contributed by atoms with E-state index in [1.807, 2.05) is 13.8 Å². The molecule has 0 aliphatic rings. The number of carboxylic acid groups (broad SMARTS) is 1. The van der Waals surface area contributed by atoms with E-state index in [2.05, 4.69) is 0 Å². The molecule has 0 bridgehead atoms. The molecule has 0 spiro atoms. The van der Waals surface area contributed by atoms with Crippen LogP contribution in [-0.4, -0.2) is 16.9 Å². The maximum Gasteiger partial charge on any atom is 0.339 e. The summed E-state index contributed by atoms with van der Waals surface area (Å²) in [6.45, 7) is 7.39. The highest BCUT2D eigenvalue weighted by atomic mass is 16.4. The van der Waals surface area contributed by atoms with Gasteiger partial charge in [-0.15, -0.1) is 0 Å². The van der Waals surface area contributed by atoms with Crippen LogP contribution in [-0.2, 0) is 9.59 Å². The molecule has 0 aliphatic carbocycles. The van der Waals surface area contributed by atoms with Crippen molar-refractivity contribution in [2.45, 2.75) is 40.5 Å². The van der Waals surface area contributed by atoms with E-state index in [0.717, 1.165) is 0 Å². The molecule has 0 aromatic carbocycles. The molecule has 0 aromatic heterocycles. The fourth-order valence-corrected chi connectivity index (χ4v) is 1.43. The summed E-state index contributed by atoms with van der Waals surface area (Å²) in [5, 5.41) is 8.88. The number of Topliss-reactive ketones (excluding diaryl/α,β-unsaturated/α-hetero) is 1. The first-order valence-corrected chi connectivity index (χ1v) is 4.86. The van der Waals surface area contributed by atoms with Gasteiger partial charge in [-0.25, -0.2) is 4.79 Å². The van der Waals surface area contributed by atoms with Crippen molar-refractivity contribution in [1.82, 2.24) is 0 Å². The summed E-state index contributed by atoms with van der Waals surface area (Å²) in [6.07, 6.45) is 0.907. The van der Waals surface area contributed by atoms with Gasteiger partial charge in [0, 0.05) is 6.42 Å². The van der Waals surface area contributed by atoms with E-state index >= 15 is 0 Å². The Balaban J connectivity index is 4.95. The summed E-state index contributed by atoms with van der Waals surface area (Å²) >= 11 is 0. The normalized spacial score (nSPS) is 12.6. The Morgan fingerprint density at radius 1 is 1.29 bits per heavy atom. The maximum atomic E-state index is 11.3. The Morgan fingerprint density at radius 3 is 2.07 bits per heavy atom. The number of aliphatic carboxylic acids is 1. The van der Waals surface area contributed by atoms with Crippen LogP contribution in [0.1, 0.15) is 40.5 Å². The van der Waals surface area contributed by atoms with Crippen LogP contribution in [0.3, 0.4) is 0 Å². The number of rotatable bonds is 5. The molecule has 0 unspecified atom stereocenters. The van der Waals surface area contributed by atoms with E-state index in [9.17, 15) is 9.59 Å². The molecule has 0 atom stereocenters. The zero-order valence-electron chi connectivity index (χ0n) is 9.26. The van der Waals surface area contributed by atoms with E-state index in [4.69, 9.17) is 5.11 Å². The van der Waals surface area contributed by atoms with Crippen molar-refractivity contribution in [3.8, 4) is 0 Å². The summed E-state index contributed by atoms with van der Waals surface area (Å²) in [7, 11) is 0. The highest BCUT2D eigenvalue weighted by Gasteiger charge is 2.18. The minimum Gasteiger partial charge on any atom is -0.478 e. The number of hydrogen-bond donors (Lipinski definition) is 1. The molecule has 0 amide bonds. The highest BCUT2D eigenvalue weighted by molar-refractivity contribution is 6.17. The molecule has 0 aliphatic heterocycles. The van der Waals surface area contributed by atoms with Crippen molar-refractivity contribution in [2.24, 2.45) is 5.92 Å². The van der Waals surface area contributed by atoms with Crippen LogP contribution in [0.4, 0.5) is 0 Å². The Hall–Kier alpha value is -1.12. The van der Waals surface area contributed by atoms with E-state index in [1.54, 1.807) is 13.8 Å². The lowest BCUT2D eigenvalue weighted by Crippen LogP contribution is -2.14. The van der Waals surface area contributed by atoms with Gasteiger partial charge in [-0.3, -0.25) is 4.79 Å². The maximum absolute atomic E-state index is 11.3. The standard InChI is InChI=1S/C11H18O3/c1-5-9(12)10(11(13)14)8(4)6-7(2)3/h7H,5-6H2,1-4H3,(H,13,14). The quantitative estimate of drug-likeness (QED) is 0.419. The molecule has 0 aromatic rings. The molecule has 14 heavy (non-hydrogen) atoms. The van der Waals surface area contributed by atoms with Gasteiger partial charge in [0.15, 0.2) is 5.78 Å². The number of carbonyl (C=O) groups excluding carboxylic acids is 1. The topological polar surface area (TPSA) is 54.4 Å². The Bertz CT molecular complexity index is 262. The average molecular weight is 198 g/mol. The third-order valence-electron chi connectivity index (χ3n) is 1.96. The van der Waals surface area contributed by atoms with Gasteiger partial charge in [0.1, 0.15) is 5.57 Å². The summed E-state index contributed by atoms with van der Waals surface area (Å²) in [5.41, 5.74) is 0.653. The van der Waals surface area contributed by atoms with Crippen molar-refractivity contribution in [2.75, 3.05) is 0 Å². The average Bonchev–Trinajstić information content (AvgIpc) is 2.01. The lowest BCUT2D eigenvalue weighted by molar-refractivity contribution is -0.134. The zero-order valence-corrected chi connectivity index (χ0v) is 9.26. The molecule has 3 heteroatoms. The van der Waals surface area contributed by atoms with Gasteiger partial charge in [0.25, 0.3) is 0 Å². The van der Waals surface area contributed by atoms with E-state index in [1.165, 1.54) is 0 Å². The number of allylic oxidation sites excluding steroid dienone is 1. The smallest absolute Gasteiger partial charge is 0.339 e. The number of carboxylic acids is 1. The molecular formula is C11H18O3. The molecule has 0 saturated heterocycles. The Kier molecular flexibility index (Phi) is 5.13. The number of ketones is 1. The number of hydrogen-bond acceptors (Lipinski definition) is 2. The lowest BCUT2D eigenvalue weighted by atomic mass is 9.96. The second-order valence-electron chi connectivity index (χ2n) is 3.84. The fraction of sp³-hybridized carbons (Fsp3) is 0.636. The van der Waals surface area contributed by atoms with E-state index in [0.29, 0.717) is 17.9 Å². The second kappa shape index (κ2) is 5.58. The molecule has 0 fully saturated rings. The van der Waals surface area contributed by atoms with Crippen molar-refractivity contribution in [3.63, 3.8) is 0 Å². The zero-order chi connectivity index (χ0) is 11.3. The lowest BCUT2D eigenvalue weighted by Gasteiger charge is -2.08. The molecule has 0 rings (SSSR count). The molecule has 0 heterocycles. The van der Waals surface area contributed by atoms with Gasteiger partial charge in [-0.05, 0) is 19.3 Å². The molecule has 0 radical (unpaired) electrons. The predicted molar refractivity (Wildman–Crippen MR) is 55.1 cm³/mol. The molecular weight excluding hydrogens is 180 g/mol. The summed E-state index contributed by atoms with van der Waals surface area (Å²) in [4.78, 5) is 22.2. The first kappa shape index (κ1) is 12.9. The Morgan fingerprint density at radius 2 is 1.79 bits per heavy atom.